The van der Waals surface area contributed by atoms with Crippen LogP contribution in [0.4, 0.5) is 0 Å². The number of nitrogens with zero attached hydrogens (tertiary/aromatic N) is 1. The molecule has 0 fully saturated rings. The van der Waals surface area contributed by atoms with Crippen molar-refractivity contribution in [3.8, 4) is 0 Å². The Balaban J connectivity index is 2.44. The first-order chi connectivity index (χ1) is 6.08. The van der Waals surface area contributed by atoms with Gasteiger partial charge >= 0.3 is 5.97 Å². The molecular formula is C9H13NO3. The Kier molecular flexibility index (Phi) is 3.08. The van der Waals surface area contributed by atoms with Crippen molar-refractivity contribution in [3.05, 3.63) is 23.7 Å². The van der Waals surface area contributed by atoms with Crippen LogP contribution in [0.1, 0.15) is 11.5 Å². The molecule has 72 valence electrons. The molecule has 1 rings (SSSR count). The van der Waals surface area contributed by atoms with Crippen molar-refractivity contribution in [2.24, 2.45) is 0 Å². The van der Waals surface area contributed by atoms with Gasteiger partial charge in [-0.3, -0.25) is 9.69 Å². The zero-order valence-corrected chi connectivity index (χ0v) is 7.78. The lowest BCUT2D eigenvalue weighted by molar-refractivity contribution is -0.138. The van der Waals surface area contributed by atoms with E-state index in [2.05, 4.69) is 0 Å². The van der Waals surface area contributed by atoms with Crippen molar-refractivity contribution in [3.63, 3.8) is 0 Å². The Morgan fingerprint density at radius 3 is 2.77 bits per heavy atom. The normalized spacial score (nSPS) is 10.7. The molecule has 13 heavy (non-hydrogen) atoms. The number of likely N-dealkylation sites (N-methyl/N-ethyl adjacent to an activating group) is 1. The fourth-order valence-corrected chi connectivity index (χ4v) is 1.12. The van der Waals surface area contributed by atoms with Crippen molar-refractivity contribution in [2.45, 2.75) is 13.5 Å². The molecule has 0 amide bonds. The number of hydrogen-bond donors (Lipinski definition) is 1. The molecule has 1 aromatic rings. The van der Waals surface area contributed by atoms with Gasteiger partial charge in [0, 0.05) is 0 Å². The Hall–Kier alpha value is -1.29. The van der Waals surface area contributed by atoms with Crippen LogP contribution in [0.5, 0.6) is 0 Å². The maximum absolute atomic E-state index is 10.3. The molecule has 0 aliphatic heterocycles. The van der Waals surface area contributed by atoms with E-state index in [4.69, 9.17) is 9.52 Å². The summed E-state index contributed by atoms with van der Waals surface area (Å²) in [6, 6.07) is 3.72. The van der Waals surface area contributed by atoms with Crippen molar-refractivity contribution in [1.82, 2.24) is 4.90 Å². The number of carbonyl (C=O) groups is 1. The first-order valence-electron chi connectivity index (χ1n) is 4.03. The smallest absolute Gasteiger partial charge is 0.317 e. The lowest BCUT2D eigenvalue weighted by Gasteiger charge is -2.11. The number of carboxylic acids is 1. The zero-order chi connectivity index (χ0) is 9.84. The number of aryl methyl sites for hydroxylation is 1. The molecule has 0 saturated heterocycles. The average molecular weight is 183 g/mol. The highest BCUT2D eigenvalue weighted by Gasteiger charge is 2.06. The fraction of sp³-hybridized carbons (Fsp3) is 0.444. The maximum atomic E-state index is 10.3. The highest BCUT2D eigenvalue weighted by atomic mass is 16.4. The number of hydrogen-bond acceptors (Lipinski definition) is 3. The molecular weight excluding hydrogens is 170 g/mol. The number of rotatable bonds is 4. The first kappa shape index (κ1) is 9.80. The van der Waals surface area contributed by atoms with Gasteiger partial charge in [0.2, 0.25) is 0 Å². The monoisotopic (exact) mass is 183 g/mol. The predicted molar refractivity (Wildman–Crippen MR) is 47.4 cm³/mol. The molecule has 0 radical (unpaired) electrons. The van der Waals surface area contributed by atoms with Crippen molar-refractivity contribution < 1.29 is 14.3 Å². The molecule has 1 aromatic heterocycles. The summed E-state index contributed by atoms with van der Waals surface area (Å²) in [6.07, 6.45) is 0. The van der Waals surface area contributed by atoms with Gasteiger partial charge in [-0.2, -0.15) is 0 Å². The number of furan rings is 1. The van der Waals surface area contributed by atoms with Gasteiger partial charge in [-0.1, -0.05) is 0 Å². The van der Waals surface area contributed by atoms with Gasteiger partial charge in [0.15, 0.2) is 0 Å². The van der Waals surface area contributed by atoms with E-state index in [9.17, 15) is 4.79 Å². The summed E-state index contributed by atoms with van der Waals surface area (Å²) in [5, 5.41) is 8.49. The number of carboxylic acid groups (broad SMARTS) is 1. The molecule has 0 aromatic carbocycles. The molecule has 0 saturated carbocycles. The lowest BCUT2D eigenvalue weighted by Crippen LogP contribution is -2.24. The highest BCUT2D eigenvalue weighted by molar-refractivity contribution is 5.68. The predicted octanol–water partition coefficient (Wildman–Crippen LogP) is 1.10. The maximum Gasteiger partial charge on any atom is 0.317 e. The molecule has 0 bridgehead atoms. The largest absolute Gasteiger partial charge is 0.480 e. The summed E-state index contributed by atoms with van der Waals surface area (Å²) < 4.78 is 5.30. The SMILES string of the molecule is Cc1ccc(CN(C)CC(=O)O)o1. The fourth-order valence-electron chi connectivity index (χ4n) is 1.12. The molecule has 4 heteroatoms. The van der Waals surface area contributed by atoms with E-state index < -0.39 is 5.97 Å². The van der Waals surface area contributed by atoms with Crippen LogP contribution in [0.3, 0.4) is 0 Å². The molecule has 1 heterocycles. The van der Waals surface area contributed by atoms with E-state index in [1.807, 2.05) is 19.1 Å². The second kappa shape index (κ2) is 4.09. The van der Waals surface area contributed by atoms with Gasteiger partial charge in [-0.15, -0.1) is 0 Å². The zero-order valence-electron chi connectivity index (χ0n) is 7.78. The number of aliphatic carboxylic acids is 1. The van der Waals surface area contributed by atoms with Crippen molar-refractivity contribution >= 4 is 5.97 Å². The summed E-state index contributed by atoms with van der Waals surface area (Å²) >= 11 is 0. The van der Waals surface area contributed by atoms with Crippen LogP contribution < -0.4 is 0 Å². The van der Waals surface area contributed by atoms with Crippen molar-refractivity contribution in [1.29, 1.82) is 0 Å². The molecule has 0 aliphatic rings. The van der Waals surface area contributed by atoms with E-state index in [-0.39, 0.29) is 6.54 Å². The van der Waals surface area contributed by atoms with E-state index in [0.717, 1.165) is 11.5 Å². The van der Waals surface area contributed by atoms with Gasteiger partial charge in [0.1, 0.15) is 11.5 Å². The van der Waals surface area contributed by atoms with E-state index in [0.29, 0.717) is 6.54 Å². The third-order valence-corrected chi connectivity index (χ3v) is 1.63. The molecule has 4 nitrogen and oxygen atoms in total. The Morgan fingerprint density at radius 1 is 1.62 bits per heavy atom. The molecule has 0 atom stereocenters. The summed E-state index contributed by atoms with van der Waals surface area (Å²) in [5.74, 6) is 0.811. The Bertz CT molecular complexity index is 293. The van der Waals surface area contributed by atoms with E-state index in [1.54, 1.807) is 11.9 Å². The molecule has 0 spiro atoms. The van der Waals surface area contributed by atoms with Gasteiger partial charge in [0.05, 0.1) is 13.1 Å². The van der Waals surface area contributed by atoms with Gasteiger partial charge in [-0.05, 0) is 26.1 Å². The second-order valence-corrected chi connectivity index (χ2v) is 3.08. The third kappa shape index (κ3) is 3.29. The van der Waals surface area contributed by atoms with Crippen LogP contribution in [-0.4, -0.2) is 29.6 Å². The third-order valence-electron chi connectivity index (χ3n) is 1.63. The highest BCUT2D eigenvalue weighted by Crippen LogP contribution is 2.07. The topological polar surface area (TPSA) is 53.7 Å². The molecule has 0 unspecified atom stereocenters. The summed E-state index contributed by atoms with van der Waals surface area (Å²) in [7, 11) is 1.74. The van der Waals surface area contributed by atoms with E-state index >= 15 is 0 Å². The lowest BCUT2D eigenvalue weighted by atomic mass is 10.4. The molecule has 0 aliphatic carbocycles. The van der Waals surface area contributed by atoms with Gasteiger partial charge in [-0.25, -0.2) is 0 Å². The first-order valence-corrected chi connectivity index (χ1v) is 4.03. The summed E-state index contributed by atoms with van der Waals surface area (Å²) in [6.45, 7) is 2.42. The van der Waals surface area contributed by atoms with Gasteiger partial charge < -0.3 is 9.52 Å². The minimum Gasteiger partial charge on any atom is -0.480 e. The quantitative estimate of drug-likeness (QED) is 0.759. The van der Waals surface area contributed by atoms with Crippen LogP contribution in [0.25, 0.3) is 0 Å². The van der Waals surface area contributed by atoms with Gasteiger partial charge in [0.25, 0.3) is 0 Å². The minimum atomic E-state index is -0.828. The second-order valence-electron chi connectivity index (χ2n) is 3.08. The Morgan fingerprint density at radius 2 is 2.31 bits per heavy atom. The van der Waals surface area contributed by atoms with Crippen LogP contribution >= 0.6 is 0 Å². The minimum absolute atomic E-state index is 0.0275. The summed E-state index contributed by atoms with van der Waals surface area (Å²) in [4.78, 5) is 12.0. The Labute approximate surface area is 76.8 Å². The van der Waals surface area contributed by atoms with Crippen LogP contribution in [0, 0.1) is 6.92 Å². The van der Waals surface area contributed by atoms with E-state index in [1.165, 1.54) is 0 Å². The van der Waals surface area contributed by atoms with Crippen LogP contribution in [0.15, 0.2) is 16.5 Å². The summed E-state index contributed by atoms with van der Waals surface area (Å²) in [5.41, 5.74) is 0. The molecule has 1 N–H and O–H groups in total. The van der Waals surface area contributed by atoms with Crippen molar-refractivity contribution in [2.75, 3.05) is 13.6 Å². The van der Waals surface area contributed by atoms with Crippen LogP contribution in [0.2, 0.25) is 0 Å². The standard InChI is InChI=1S/C9H13NO3/c1-7-3-4-8(13-7)5-10(2)6-9(11)12/h3-4H,5-6H2,1-2H3,(H,11,12). The average Bonchev–Trinajstić information content (AvgIpc) is 2.33. The van der Waals surface area contributed by atoms with Crippen LogP contribution in [-0.2, 0) is 11.3 Å².